The van der Waals surface area contributed by atoms with Crippen LogP contribution in [0.15, 0.2) is 5.38 Å². The number of thiazole rings is 1. The predicted octanol–water partition coefficient (Wildman–Crippen LogP) is 2.23. The van der Waals surface area contributed by atoms with Crippen molar-refractivity contribution in [3.8, 4) is 0 Å². The van der Waals surface area contributed by atoms with Crippen LogP contribution in [0.5, 0.6) is 0 Å². The zero-order chi connectivity index (χ0) is 12.4. The molecule has 1 aliphatic heterocycles. The summed E-state index contributed by atoms with van der Waals surface area (Å²) in [6, 6.07) is 0.574. The molecule has 100 valence electrons. The second kappa shape index (κ2) is 5.25. The Labute approximate surface area is 112 Å². The first-order valence-corrected chi connectivity index (χ1v) is 7.56. The Balaban J connectivity index is 1.45. The Morgan fingerprint density at radius 2 is 2.11 bits per heavy atom. The molecule has 1 aromatic heterocycles. The van der Waals surface area contributed by atoms with Crippen molar-refractivity contribution in [2.45, 2.75) is 51.0 Å². The third kappa shape index (κ3) is 2.74. The van der Waals surface area contributed by atoms with Gasteiger partial charge in [-0.15, -0.1) is 11.3 Å². The molecule has 18 heavy (non-hydrogen) atoms. The Kier molecular flexibility index (Phi) is 3.66. The van der Waals surface area contributed by atoms with Crippen molar-refractivity contribution in [1.82, 2.24) is 10.3 Å². The van der Waals surface area contributed by atoms with E-state index >= 15 is 0 Å². The molecule has 4 nitrogen and oxygen atoms in total. The van der Waals surface area contributed by atoms with E-state index < -0.39 is 0 Å². The van der Waals surface area contributed by atoms with E-state index in [1.54, 1.807) is 11.3 Å². The van der Waals surface area contributed by atoms with E-state index in [2.05, 4.69) is 15.7 Å². The van der Waals surface area contributed by atoms with Gasteiger partial charge in [-0.1, -0.05) is 0 Å². The fourth-order valence-electron chi connectivity index (χ4n) is 2.79. The van der Waals surface area contributed by atoms with Crippen LogP contribution in [0.2, 0.25) is 0 Å². The molecule has 3 rings (SSSR count). The van der Waals surface area contributed by atoms with Crippen molar-refractivity contribution in [3.63, 3.8) is 0 Å². The van der Waals surface area contributed by atoms with Crippen LogP contribution in [-0.2, 0) is 16.0 Å². The molecule has 1 saturated heterocycles. The summed E-state index contributed by atoms with van der Waals surface area (Å²) in [6.07, 6.45) is 4.29. The standard InChI is InChI=1S/C13H20N2O2S/c1-10-15-12(9-18-10)8-14-11-2-4-13(5-3-11)16-6-7-17-13/h9,11,14H,2-8H2,1H3. The molecular formula is C13H20N2O2S. The number of rotatable bonds is 3. The van der Waals surface area contributed by atoms with E-state index in [1.165, 1.54) is 0 Å². The summed E-state index contributed by atoms with van der Waals surface area (Å²) in [6.45, 7) is 4.45. The first-order valence-electron chi connectivity index (χ1n) is 6.68. The molecule has 1 aliphatic carbocycles. The van der Waals surface area contributed by atoms with Gasteiger partial charge in [0.25, 0.3) is 0 Å². The molecule has 0 atom stereocenters. The fraction of sp³-hybridized carbons (Fsp3) is 0.769. The molecule has 0 bridgehead atoms. The van der Waals surface area contributed by atoms with Gasteiger partial charge in [-0.2, -0.15) is 0 Å². The molecule has 2 aliphatic rings. The van der Waals surface area contributed by atoms with Crippen molar-refractivity contribution in [2.24, 2.45) is 0 Å². The lowest BCUT2D eigenvalue weighted by molar-refractivity contribution is -0.179. The Hall–Kier alpha value is -0.490. The molecule has 0 amide bonds. The maximum absolute atomic E-state index is 5.74. The quantitative estimate of drug-likeness (QED) is 0.913. The van der Waals surface area contributed by atoms with E-state index in [4.69, 9.17) is 9.47 Å². The lowest BCUT2D eigenvalue weighted by atomic mass is 9.90. The maximum atomic E-state index is 5.74. The van der Waals surface area contributed by atoms with Crippen molar-refractivity contribution >= 4 is 11.3 Å². The van der Waals surface area contributed by atoms with Gasteiger partial charge in [-0.05, 0) is 19.8 Å². The number of aromatic nitrogens is 1. The average molecular weight is 268 g/mol. The minimum Gasteiger partial charge on any atom is -0.348 e. The highest BCUT2D eigenvalue weighted by Gasteiger charge is 2.40. The smallest absolute Gasteiger partial charge is 0.168 e. The van der Waals surface area contributed by atoms with Crippen LogP contribution in [0.3, 0.4) is 0 Å². The van der Waals surface area contributed by atoms with Crippen LogP contribution < -0.4 is 5.32 Å². The van der Waals surface area contributed by atoms with Crippen LogP contribution >= 0.6 is 11.3 Å². The average Bonchev–Trinajstić information content (AvgIpc) is 2.99. The van der Waals surface area contributed by atoms with Gasteiger partial charge < -0.3 is 14.8 Å². The number of hydrogen-bond donors (Lipinski definition) is 1. The monoisotopic (exact) mass is 268 g/mol. The minimum absolute atomic E-state index is 0.241. The van der Waals surface area contributed by atoms with E-state index in [-0.39, 0.29) is 5.79 Å². The molecular weight excluding hydrogens is 248 g/mol. The second-order valence-corrected chi connectivity index (χ2v) is 6.18. The normalized spacial score (nSPS) is 23.8. The van der Waals surface area contributed by atoms with Gasteiger partial charge >= 0.3 is 0 Å². The van der Waals surface area contributed by atoms with Crippen LogP contribution in [0.4, 0.5) is 0 Å². The number of nitrogens with one attached hydrogen (secondary N) is 1. The first-order chi connectivity index (χ1) is 8.76. The number of hydrogen-bond acceptors (Lipinski definition) is 5. The Bertz CT molecular complexity index is 391. The summed E-state index contributed by atoms with van der Waals surface area (Å²) < 4.78 is 11.5. The van der Waals surface area contributed by atoms with Crippen molar-refractivity contribution < 1.29 is 9.47 Å². The number of aryl methyl sites for hydroxylation is 1. The Morgan fingerprint density at radius 3 is 2.72 bits per heavy atom. The topological polar surface area (TPSA) is 43.4 Å². The minimum atomic E-state index is -0.241. The third-order valence-corrected chi connectivity index (χ3v) is 4.62. The van der Waals surface area contributed by atoms with E-state index in [0.29, 0.717) is 6.04 Å². The number of ether oxygens (including phenoxy) is 2. The van der Waals surface area contributed by atoms with Gasteiger partial charge in [0.2, 0.25) is 0 Å². The van der Waals surface area contributed by atoms with E-state index in [0.717, 1.165) is 56.1 Å². The zero-order valence-electron chi connectivity index (χ0n) is 10.8. The lowest BCUT2D eigenvalue weighted by Gasteiger charge is -2.35. The second-order valence-electron chi connectivity index (χ2n) is 5.12. The summed E-state index contributed by atoms with van der Waals surface area (Å²) in [7, 11) is 0. The summed E-state index contributed by atoms with van der Waals surface area (Å²) in [5.41, 5.74) is 1.16. The van der Waals surface area contributed by atoms with Gasteiger partial charge in [0, 0.05) is 30.8 Å². The largest absolute Gasteiger partial charge is 0.348 e. The zero-order valence-corrected chi connectivity index (χ0v) is 11.6. The Morgan fingerprint density at radius 1 is 1.39 bits per heavy atom. The highest BCUT2D eigenvalue weighted by molar-refractivity contribution is 7.09. The lowest BCUT2D eigenvalue weighted by Crippen LogP contribution is -2.41. The molecule has 0 radical (unpaired) electrons. The molecule has 0 unspecified atom stereocenters. The van der Waals surface area contributed by atoms with Gasteiger partial charge in [-0.25, -0.2) is 4.98 Å². The number of nitrogens with zero attached hydrogens (tertiary/aromatic N) is 1. The van der Waals surface area contributed by atoms with Gasteiger partial charge in [0.15, 0.2) is 5.79 Å². The highest BCUT2D eigenvalue weighted by atomic mass is 32.1. The van der Waals surface area contributed by atoms with Crippen LogP contribution in [0, 0.1) is 6.92 Å². The first kappa shape index (κ1) is 12.5. The maximum Gasteiger partial charge on any atom is 0.168 e. The SMILES string of the molecule is Cc1nc(CNC2CCC3(CC2)OCCO3)cs1. The molecule has 1 saturated carbocycles. The summed E-state index contributed by atoms with van der Waals surface area (Å²) in [5.74, 6) is -0.241. The van der Waals surface area contributed by atoms with Gasteiger partial charge in [-0.3, -0.25) is 0 Å². The van der Waals surface area contributed by atoms with Crippen LogP contribution in [-0.4, -0.2) is 30.0 Å². The highest BCUT2D eigenvalue weighted by Crippen LogP contribution is 2.35. The molecule has 2 fully saturated rings. The molecule has 0 aromatic carbocycles. The van der Waals surface area contributed by atoms with Crippen LogP contribution in [0.25, 0.3) is 0 Å². The summed E-state index contributed by atoms with van der Waals surface area (Å²) in [5, 5.41) is 6.87. The fourth-order valence-corrected chi connectivity index (χ4v) is 3.40. The third-order valence-electron chi connectivity index (χ3n) is 3.80. The van der Waals surface area contributed by atoms with Crippen molar-refractivity contribution in [1.29, 1.82) is 0 Å². The van der Waals surface area contributed by atoms with Crippen molar-refractivity contribution in [3.05, 3.63) is 16.1 Å². The van der Waals surface area contributed by atoms with Crippen molar-refractivity contribution in [2.75, 3.05) is 13.2 Å². The molecule has 1 spiro atoms. The molecule has 1 N–H and O–H groups in total. The predicted molar refractivity (Wildman–Crippen MR) is 70.6 cm³/mol. The van der Waals surface area contributed by atoms with Gasteiger partial charge in [0.05, 0.1) is 23.9 Å². The summed E-state index contributed by atoms with van der Waals surface area (Å²) >= 11 is 1.72. The van der Waals surface area contributed by atoms with Gasteiger partial charge in [0.1, 0.15) is 0 Å². The van der Waals surface area contributed by atoms with Crippen LogP contribution in [0.1, 0.15) is 36.4 Å². The molecule has 1 aromatic rings. The van der Waals surface area contributed by atoms with E-state index in [9.17, 15) is 0 Å². The van der Waals surface area contributed by atoms with E-state index in [1.807, 2.05) is 6.92 Å². The summed E-state index contributed by atoms with van der Waals surface area (Å²) in [4.78, 5) is 4.47. The molecule has 5 heteroatoms. The molecule has 2 heterocycles.